The fourth-order valence-electron chi connectivity index (χ4n) is 0.762. The van der Waals surface area contributed by atoms with Crippen LogP contribution in [0.15, 0.2) is 30.3 Å². The van der Waals surface area contributed by atoms with Crippen LogP contribution in [0.1, 0.15) is 12.5 Å². The minimum atomic E-state index is -0.949. The van der Waals surface area contributed by atoms with Crippen molar-refractivity contribution in [3.05, 3.63) is 35.9 Å². The van der Waals surface area contributed by atoms with Gasteiger partial charge in [-0.2, -0.15) is 0 Å². The third-order valence-electron chi connectivity index (χ3n) is 1.51. The fraction of sp³-hybridized carbons (Fsp3) is 0.273. The number of alkyl halides is 1. The van der Waals surface area contributed by atoms with Gasteiger partial charge in [-0.15, -0.1) is 0 Å². The Balaban J connectivity index is 2.79. The van der Waals surface area contributed by atoms with E-state index in [0.29, 0.717) is 5.33 Å². The molecule has 0 spiro atoms. The van der Waals surface area contributed by atoms with Crippen molar-refractivity contribution in [2.24, 2.45) is 0 Å². The monoisotopic (exact) mass is 238 g/mol. The lowest BCUT2D eigenvalue weighted by atomic mass is 10.1. The normalized spacial score (nSPS) is 14.1. The second kappa shape index (κ2) is 4.45. The van der Waals surface area contributed by atoms with E-state index in [1.54, 1.807) is 6.92 Å². The molecule has 0 aliphatic heterocycles. The quantitative estimate of drug-likeness (QED) is 0.588. The topological polar surface area (TPSA) is 20.2 Å². The molecule has 0 fully saturated rings. The molecular formula is C11H11BrO. The maximum atomic E-state index is 9.56. The summed E-state index contributed by atoms with van der Waals surface area (Å²) in [5.41, 5.74) is -0.0285. The van der Waals surface area contributed by atoms with E-state index in [0.717, 1.165) is 5.56 Å². The summed E-state index contributed by atoms with van der Waals surface area (Å²) in [5, 5.41) is 10.0. The van der Waals surface area contributed by atoms with E-state index < -0.39 is 5.60 Å². The number of hydrogen-bond acceptors (Lipinski definition) is 1. The van der Waals surface area contributed by atoms with E-state index in [2.05, 4.69) is 27.8 Å². The van der Waals surface area contributed by atoms with E-state index in [9.17, 15) is 5.11 Å². The minimum absolute atomic E-state index is 0.458. The standard InChI is InChI=1S/C11H11BrO/c1-11(13,9-12)8-7-10-5-3-2-4-6-10/h2-6,13H,9H2,1H3. The summed E-state index contributed by atoms with van der Waals surface area (Å²) >= 11 is 3.19. The van der Waals surface area contributed by atoms with E-state index in [1.807, 2.05) is 30.3 Å². The van der Waals surface area contributed by atoms with Crippen LogP contribution < -0.4 is 0 Å². The Bertz CT molecular complexity index is 319. The Morgan fingerprint density at radius 2 is 2.00 bits per heavy atom. The lowest BCUT2D eigenvalue weighted by Crippen LogP contribution is -2.22. The number of hydrogen-bond donors (Lipinski definition) is 1. The zero-order valence-corrected chi connectivity index (χ0v) is 9.01. The van der Waals surface area contributed by atoms with Crippen molar-refractivity contribution in [3.8, 4) is 11.8 Å². The summed E-state index contributed by atoms with van der Waals surface area (Å²) in [5.74, 6) is 5.69. The van der Waals surface area contributed by atoms with Gasteiger partial charge in [0.05, 0.1) is 0 Å². The molecule has 13 heavy (non-hydrogen) atoms. The summed E-state index contributed by atoms with van der Waals surface area (Å²) in [4.78, 5) is 0. The number of rotatable bonds is 1. The number of halogens is 1. The molecule has 68 valence electrons. The summed E-state index contributed by atoms with van der Waals surface area (Å²) < 4.78 is 0. The first-order valence-corrected chi connectivity index (χ1v) is 5.13. The third kappa shape index (κ3) is 3.63. The van der Waals surface area contributed by atoms with Crippen LogP contribution in [0, 0.1) is 11.8 Å². The first-order chi connectivity index (χ1) is 6.14. The van der Waals surface area contributed by atoms with Crippen molar-refractivity contribution in [2.45, 2.75) is 12.5 Å². The Hall–Kier alpha value is -0.780. The molecule has 1 aromatic rings. The van der Waals surface area contributed by atoms with Gasteiger partial charge < -0.3 is 5.11 Å². The van der Waals surface area contributed by atoms with Crippen molar-refractivity contribution in [1.82, 2.24) is 0 Å². The largest absolute Gasteiger partial charge is 0.377 e. The molecule has 0 heterocycles. The van der Waals surface area contributed by atoms with E-state index in [1.165, 1.54) is 0 Å². The van der Waals surface area contributed by atoms with Gasteiger partial charge in [0, 0.05) is 10.9 Å². The molecule has 0 radical (unpaired) electrons. The van der Waals surface area contributed by atoms with E-state index >= 15 is 0 Å². The molecule has 1 aromatic carbocycles. The van der Waals surface area contributed by atoms with Crippen LogP contribution in [-0.2, 0) is 0 Å². The summed E-state index contributed by atoms with van der Waals surface area (Å²) in [6, 6.07) is 9.61. The predicted molar refractivity (Wildman–Crippen MR) is 57.7 cm³/mol. The molecule has 2 heteroatoms. The Kier molecular flexibility index (Phi) is 3.53. The van der Waals surface area contributed by atoms with Crippen molar-refractivity contribution in [1.29, 1.82) is 0 Å². The zero-order chi connectivity index (χ0) is 9.73. The zero-order valence-electron chi connectivity index (χ0n) is 7.42. The first-order valence-electron chi connectivity index (χ1n) is 4.01. The highest BCUT2D eigenvalue weighted by atomic mass is 79.9. The summed E-state index contributed by atoms with van der Waals surface area (Å²) in [6.07, 6.45) is 0. The second-order valence-corrected chi connectivity index (χ2v) is 3.58. The Labute approximate surface area is 86.9 Å². The smallest absolute Gasteiger partial charge is 0.132 e. The summed E-state index contributed by atoms with van der Waals surface area (Å²) in [6.45, 7) is 1.68. The second-order valence-electron chi connectivity index (χ2n) is 3.02. The summed E-state index contributed by atoms with van der Waals surface area (Å²) in [7, 11) is 0. The van der Waals surface area contributed by atoms with Crippen LogP contribution in [0.2, 0.25) is 0 Å². The van der Waals surface area contributed by atoms with Crippen LogP contribution in [0.25, 0.3) is 0 Å². The number of aliphatic hydroxyl groups is 1. The van der Waals surface area contributed by atoms with Crippen LogP contribution in [0.3, 0.4) is 0 Å². The molecule has 1 atom stereocenters. The minimum Gasteiger partial charge on any atom is -0.377 e. The molecule has 1 N–H and O–H groups in total. The van der Waals surface area contributed by atoms with Crippen LogP contribution in [0.4, 0.5) is 0 Å². The predicted octanol–water partition coefficient (Wildman–Crippen LogP) is 2.18. The highest BCUT2D eigenvalue weighted by Gasteiger charge is 2.13. The molecule has 0 saturated carbocycles. The Morgan fingerprint density at radius 3 is 2.54 bits per heavy atom. The van der Waals surface area contributed by atoms with E-state index in [-0.39, 0.29) is 0 Å². The highest BCUT2D eigenvalue weighted by molar-refractivity contribution is 9.09. The van der Waals surface area contributed by atoms with Gasteiger partial charge in [0.25, 0.3) is 0 Å². The van der Waals surface area contributed by atoms with Gasteiger partial charge >= 0.3 is 0 Å². The van der Waals surface area contributed by atoms with Gasteiger partial charge in [0.15, 0.2) is 0 Å². The maximum Gasteiger partial charge on any atom is 0.132 e. The molecule has 1 rings (SSSR count). The van der Waals surface area contributed by atoms with Crippen molar-refractivity contribution < 1.29 is 5.11 Å². The molecule has 1 nitrogen and oxygen atoms in total. The molecule has 0 bridgehead atoms. The van der Waals surface area contributed by atoms with Gasteiger partial charge in [0.1, 0.15) is 5.60 Å². The van der Waals surface area contributed by atoms with Crippen molar-refractivity contribution in [3.63, 3.8) is 0 Å². The Morgan fingerprint density at radius 1 is 1.38 bits per heavy atom. The fourth-order valence-corrected chi connectivity index (χ4v) is 0.902. The van der Waals surface area contributed by atoms with Crippen LogP contribution >= 0.6 is 15.9 Å². The molecule has 0 amide bonds. The highest BCUT2D eigenvalue weighted by Crippen LogP contribution is 2.05. The lowest BCUT2D eigenvalue weighted by molar-refractivity contribution is 0.150. The molecule has 0 saturated heterocycles. The van der Waals surface area contributed by atoms with Gasteiger partial charge in [-0.05, 0) is 19.1 Å². The van der Waals surface area contributed by atoms with Crippen LogP contribution in [0.5, 0.6) is 0 Å². The average Bonchev–Trinajstić information content (AvgIpc) is 2.17. The van der Waals surface area contributed by atoms with Gasteiger partial charge in [-0.3, -0.25) is 0 Å². The maximum absolute atomic E-state index is 9.56. The SMILES string of the molecule is CC(O)(C#Cc1ccccc1)CBr. The van der Waals surface area contributed by atoms with Crippen molar-refractivity contribution >= 4 is 15.9 Å². The van der Waals surface area contributed by atoms with Gasteiger partial charge in [0.2, 0.25) is 0 Å². The van der Waals surface area contributed by atoms with Crippen LogP contribution in [-0.4, -0.2) is 16.0 Å². The lowest BCUT2D eigenvalue weighted by Gasteiger charge is -2.10. The number of benzene rings is 1. The van der Waals surface area contributed by atoms with Crippen molar-refractivity contribution in [2.75, 3.05) is 5.33 Å². The van der Waals surface area contributed by atoms with Gasteiger partial charge in [-0.25, -0.2) is 0 Å². The third-order valence-corrected chi connectivity index (χ3v) is 2.60. The van der Waals surface area contributed by atoms with Gasteiger partial charge in [-0.1, -0.05) is 46.0 Å². The average molecular weight is 239 g/mol. The first kappa shape index (κ1) is 10.3. The molecule has 0 aliphatic carbocycles. The molecule has 1 unspecified atom stereocenters. The molecule has 0 aromatic heterocycles. The van der Waals surface area contributed by atoms with E-state index in [4.69, 9.17) is 0 Å². The molecular weight excluding hydrogens is 228 g/mol. The molecule has 0 aliphatic rings.